The fourth-order valence-electron chi connectivity index (χ4n) is 2.55. The molecule has 0 saturated carbocycles. The molecular weight excluding hydrogens is 384 g/mol. The molecule has 136 valence electrons. The molecular formula is C18H15ClN6OS. The maximum atomic E-state index is 5.94. The molecule has 0 spiro atoms. The maximum absolute atomic E-state index is 5.94. The van der Waals surface area contributed by atoms with Crippen molar-refractivity contribution in [2.24, 2.45) is 7.05 Å². The van der Waals surface area contributed by atoms with E-state index in [1.807, 2.05) is 54.9 Å². The molecule has 0 aliphatic carbocycles. The minimum absolute atomic E-state index is 0.469. The summed E-state index contributed by atoms with van der Waals surface area (Å²) in [5.41, 5.74) is 2.64. The second kappa shape index (κ2) is 7.50. The van der Waals surface area contributed by atoms with E-state index in [-0.39, 0.29) is 0 Å². The Hall–Kier alpha value is -2.71. The van der Waals surface area contributed by atoms with Gasteiger partial charge in [-0.05, 0) is 43.3 Å². The monoisotopic (exact) mass is 398 g/mol. The van der Waals surface area contributed by atoms with E-state index in [1.165, 1.54) is 11.8 Å². The van der Waals surface area contributed by atoms with Crippen molar-refractivity contribution >= 4 is 23.4 Å². The van der Waals surface area contributed by atoms with Crippen LogP contribution in [0.15, 0.2) is 52.3 Å². The molecule has 0 N–H and O–H groups in total. The van der Waals surface area contributed by atoms with Crippen LogP contribution >= 0.6 is 23.4 Å². The molecule has 9 heteroatoms. The third-order valence-corrected chi connectivity index (χ3v) is 5.24. The number of aryl methyl sites for hydroxylation is 1. The highest BCUT2D eigenvalue weighted by Crippen LogP contribution is 2.26. The van der Waals surface area contributed by atoms with Gasteiger partial charge in [-0.3, -0.25) is 4.98 Å². The molecule has 0 atom stereocenters. The lowest BCUT2D eigenvalue weighted by Gasteiger charge is -2.03. The summed E-state index contributed by atoms with van der Waals surface area (Å²) < 4.78 is 7.30. The molecule has 7 nitrogen and oxygen atoms in total. The summed E-state index contributed by atoms with van der Waals surface area (Å²) >= 11 is 7.44. The summed E-state index contributed by atoms with van der Waals surface area (Å²) in [6, 6.07) is 11.3. The van der Waals surface area contributed by atoms with Crippen LogP contribution in [0.25, 0.3) is 22.8 Å². The van der Waals surface area contributed by atoms with E-state index in [0.717, 1.165) is 27.8 Å². The molecule has 1 aromatic carbocycles. The lowest BCUT2D eigenvalue weighted by Crippen LogP contribution is -1.95. The number of halogens is 1. The maximum Gasteiger partial charge on any atom is 0.259 e. The second-order valence-electron chi connectivity index (χ2n) is 5.81. The predicted octanol–water partition coefficient (Wildman–Crippen LogP) is 4.18. The summed E-state index contributed by atoms with van der Waals surface area (Å²) in [5.74, 6) is 2.36. The smallest absolute Gasteiger partial charge is 0.259 e. The topological polar surface area (TPSA) is 82.5 Å². The van der Waals surface area contributed by atoms with Gasteiger partial charge in [-0.2, -0.15) is 4.98 Å². The lowest BCUT2D eigenvalue weighted by molar-refractivity contribution is 0.424. The third kappa shape index (κ3) is 3.72. The molecule has 0 aliphatic heterocycles. The Kier molecular flexibility index (Phi) is 4.91. The Balaban J connectivity index is 1.48. The highest BCUT2D eigenvalue weighted by molar-refractivity contribution is 7.98. The Labute approximate surface area is 164 Å². The van der Waals surface area contributed by atoms with Crippen molar-refractivity contribution in [2.45, 2.75) is 17.8 Å². The number of hydrogen-bond acceptors (Lipinski definition) is 7. The SMILES string of the molecule is Cc1ncccc1-c1nc(CSc2nnc(-c3ccc(Cl)cc3)n2C)no1. The molecule has 0 saturated heterocycles. The van der Waals surface area contributed by atoms with Crippen LogP contribution in [0, 0.1) is 6.92 Å². The van der Waals surface area contributed by atoms with Crippen LogP contribution in [0.5, 0.6) is 0 Å². The van der Waals surface area contributed by atoms with Crippen molar-refractivity contribution in [1.29, 1.82) is 0 Å². The van der Waals surface area contributed by atoms with E-state index in [9.17, 15) is 0 Å². The standard InChI is InChI=1S/C18H15ClN6OS/c1-11-14(4-3-9-20-11)17-21-15(24-26-17)10-27-18-23-22-16(25(18)2)12-5-7-13(19)8-6-12/h3-9H,10H2,1-2H3. The van der Waals surface area contributed by atoms with Gasteiger partial charge in [-0.1, -0.05) is 28.5 Å². The van der Waals surface area contributed by atoms with Crippen LogP contribution in [0.3, 0.4) is 0 Å². The van der Waals surface area contributed by atoms with E-state index in [0.29, 0.717) is 22.5 Å². The number of nitrogens with zero attached hydrogens (tertiary/aromatic N) is 6. The number of rotatable bonds is 5. The van der Waals surface area contributed by atoms with Gasteiger partial charge in [-0.25, -0.2) is 0 Å². The molecule has 4 rings (SSSR count). The minimum atomic E-state index is 0.469. The van der Waals surface area contributed by atoms with Gasteiger partial charge >= 0.3 is 0 Å². The first-order valence-electron chi connectivity index (χ1n) is 8.14. The Morgan fingerprint density at radius 2 is 1.96 bits per heavy atom. The van der Waals surface area contributed by atoms with Gasteiger partial charge in [0, 0.05) is 29.5 Å². The largest absolute Gasteiger partial charge is 0.334 e. The van der Waals surface area contributed by atoms with Crippen molar-refractivity contribution in [2.75, 3.05) is 0 Å². The molecule has 3 aromatic heterocycles. The Morgan fingerprint density at radius 1 is 1.15 bits per heavy atom. The minimum Gasteiger partial charge on any atom is -0.334 e. The molecule has 0 bridgehead atoms. The van der Waals surface area contributed by atoms with Crippen molar-refractivity contribution in [3.8, 4) is 22.8 Å². The molecule has 3 heterocycles. The van der Waals surface area contributed by atoms with Crippen LogP contribution < -0.4 is 0 Å². The second-order valence-corrected chi connectivity index (χ2v) is 7.19. The van der Waals surface area contributed by atoms with Gasteiger partial charge in [0.05, 0.1) is 11.3 Å². The zero-order valence-corrected chi connectivity index (χ0v) is 16.2. The van der Waals surface area contributed by atoms with Crippen molar-refractivity contribution in [1.82, 2.24) is 29.9 Å². The predicted molar refractivity (Wildman–Crippen MR) is 103 cm³/mol. The summed E-state index contributed by atoms with van der Waals surface area (Å²) in [7, 11) is 1.92. The highest BCUT2D eigenvalue weighted by atomic mass is 35.5. The summed E-state index contributed by atoms with van der Waals surface area (Å²) in [5, 5.41) is 14.0. The zero-order chi connectivity index (χ0) is 18.8. The van der Waals surface area contributed by atoms with Crippen LogP contribution in [0.4, 0.5) is 0 Å². The van der Waals surface area contributed by atoms with E-state index >= 15 is 0 Å². The third-order valence-electron chi connectivity index (χ3n) is 3.97. The van der Waals surface area contributed by atoms with E-state index in [2.05, 4.69) is 25.3 Å². The summed E-state index contributed by atoms with van der Waals surface area (Å²) in [4.78, 5) is 8.69. The van der Waals surface area contributed by atoms with Gasteiger partial charge < -0.3 is 9.09 Å². The fourth-order valence-corrected chi connectivity index (χ4v) is 3.43. The fraction of sp³-hybridized carbons (Fsp3) is 0.167. The quantitative estimate of drug-likeness (QED) is 0.466. The number of pyridine rings is 1. The average Bonchev–Trinajstić information content (AvgIpc) is 3.28. The molecule has 27 heavy (non-hydrogen) atoms. The van der Waals surface area contributed by atoms with Crippen LogP contribution in [-0.2, 0) is 12.8 Å². The molecule has 0 amide bonds. The van der Waals surface area contributed by atoms with Crippen molar-refractivity contribution in [3.05, 3.63) is 59.1 Å². The highest BCUT2D eigenvalue weighted by Gasteiger charge is 2.15. The first-order valence-corrected chi connectivity index (χ1v) is 9.51. The molecule has 0 fully saturated rings. The van der Waals surface area contributed by atoms with Gasteiger partial charge in [0.2, 0.25) is 0 Å². The van der Waals surface area contributed by atoms with Gasteiger partial charge in [0.15, 0.2) is 16.8 Å². The summed E-state index contributed by atoms with van der Waals surface area (Å²) in [6.45, 7) is 1.91. The summed E-state index contributed by atoms with van der Waals surface area (Å²) in [6.07, 6.45) is 1.73. The normalized spacial score (nSPS) is 11.1. The molecule has 0 aliphatic rings. The van der Waals surface area contributed by atoms with Crippen molar-refractivity contribution in [3.63, 3.8) is 0 Å². The van der Waals surface area contributed by atoms with Crippen LogP contribution in [0.2, 0.25) is 5.02 Å². The molecule has 0 unspecified atom stereocenters. The van der Waals surface area contributed by atoms with E-state index in [1.54, 1.807) is 6.20 Å². The van der Waals surface area contributed by atoms with Crippen LogP contribution in [-0.4, -0.2) is 29.9 Å². The number of thioether (sulfide) groups is 1. The Morgan fingerprint density at radius 3 is 2.74 bits per heavy atom. The first kappa shape index (κ1) is 17.7. The lowest BCUT2D eigenvalue weighted by atomic mass is 10.2. The van der Waals surface area contributed by atoms with Crippen molar-refractivity contribution < 1.29 is 4.52 Å². The Bertz CT molecular complexity index is 1080. The van der Waals surface area contributed by atoms with E-state index < -0.39 is 0 Å². The van der Waals surface area contributed by atoms with Gasteiger partial charge in [-0.15, -0.1) is 10.2 Å². The molecule has 0 radical (unpaired) electrons. The average molecular weight is 399 g/mol. The number of hydrogen-bond donors (Lipinski definition) is 0. The van der Waals surface area contributed by atoms with E-state index in [4.69, 9.17) is 16.1 Å². The molecule has 4 aromatic rings. The van der Waals surface area contributed by atoms with Gasteiger partial charge in [0.1, 0.15) is 0 Å². The zero-order valence-electron chi connectivity index (χ0n) is 14.6. The van der Waals surface area contributed by atoms with Crippen LogP contribution in [0.1, 0.15) is 11.5 Å². The number of aromatic nitrogens is 6. The van der Waals surface area contributed by atoms with Gasteiger partial charge in [0.25, 0.3) is 5.89 Å². The first-order chi connectivity index (χ1) is 13.1. The number of benzene rings is 1.